The molecule has 1 nitrogen and oxygen atoms in total. The van der Waals surface area contributed by atoms with Gasteiger partial charge in [-0.1, -0.05) is 32.4 Å². The highest BCUT2D eigenvalue weighted by Gasteiger charge is 2.05. The van der Waals surface area contributed by atoms with E-state index in [1.165, 1.54) is 11.3 Å². The zero-order valence-corrected chi connectivity index (χ0v) is 11.3. The molecule has 0 aliphatic heterocycles. The summed E-state index contributed by atoms with van der Waals surface area (Å²) in [6, 6.07) is 4.71. The van der Waals surface area contributed by atoms with E-state index in [4.69, 9.17) is 11.6 Å². The molecule has 1 aromatic heterocycles. The van der Waals surface area contributed by atoms with Gasteiger partial charge in [0.2, 0.25) is 0 Å². The summed E-state index contributed by atoms with van der Waals surface area (Å²) in [5.74, 6) is 0.730. The van der Waals surface area contributed by atoms with Crippen LogP contribution in [0.5, 0.6) is 0 Å². The summed E-state index contributed by atoms with van der Waals surface area (Å²) < 4.78 is 0.901. The fourth-order valence-electron chi connectivity index (χ4n) is 1.41. The highest BCUT2D eigenvalue weighted by atomic mass is 35.5. The molecule has 1 heterocycles. The topological polar surface area (TPSA) is 12.0 Å². The van der Waals surface area contributed by atoms with Crippen LogP contribution in [0, 0.1) is 5.92 Å². The molecule has 1 rings (SSSR count). The molecule has 0 radical (unpaired) electrons. The van der Waals surface area contributed by atoms with Crippen LogP contribution in [0.2, 0.25) is 4.34 Å². The van der Waals surface area contributed by atoms with Crippen LogP contribution in [0.25, 0.3) is 0 Å². The van der Waals surface area contributed by atoms with Crippen molar-refractivity contribution in [1.82, 2.24) is 5.32 Å². The van der Waals surface area contributed by atoms with Gasteiger partial charge < -0.3 is 5.32 Å². The summed E-state index contributed by atoms with van der Waals surface area (Å²) in [6.45, 7) is 7.78. The van der Waals surface area contributed by atoms with Gasteiger partial charge in [0.1, 0.15) is 0 Å². The lowest BCUT2D eigenvalue weighted by Crippen LogP contribution is -2.27. The first-order valence-electron chi connectivity index (χ1n) is 5.55. The molecule has 86 valence electrons. The van der Waals surface area contributed by atoms with Crippen molar-refractivity contribution in [3.8, 4) is 0 Å². The molecular weight excluding hydrogens is 226 g/mol. The molecule has 0 spiro atoms. The molecule has 0 amide bonds. The molecule has 0 aliphatic rings. The van der Waals surface area contributed by atoms with Crippen LogP contribution in [-0.4, -0.2) is 12.6 Å². The second kappa shape index (κ2) is 6.51. The Kier molecular flexibility index (Phi) is 5.65. The maximum absolute atomic E-state index is 5.88. The summed E-state index contributed by atoms with van der Waals surface area (Å²) >= 11 is 7.58. The Morgan fingerprint density at radius 3 is 2.60 bits per heavy atom. The average molecular weight is 246 g/mol. The lowest BCUT2D eigenvalue weighted by molar-refractivity contribution is 0.455. The van der Waals surface area contributed by atoms with Crippen molar-refractivity contribution in [2.75, 3.05) is 6.54 Å². The van der Waals surface area contributed by atoms with Gasteiger partial charge in [0.25, 0.3) is 0 Å². The first kappa shape index (κ1) is 13.0. The van der Waals surface area contributed by atoms with E-state index >= 15 is 0 Å². The second-order valence-electron chi connectivity index (χ2n) is 4.41. The number of aryl methyl sites for hydroxylation is 1. The SMILES string of the molecule is CC(CCc1ccc(Cl)s1)CNC(C)C. The van der Waals surface area contributed by atoms with Crippen LogP contribution in [0.1, 0.15) is 32.1 Å². The van der Waals surface area contributed by atoms with E-state index in [0.717, 1.165) is 23.2 Å². The Labute approximate surface area is 102 Å². The Morgan fingerprint density at radius 1 is 1.33 bits per heavy atom. The van der Waals surface area contributed by atoms with Gasteiger partial charge in [-0.25, -0.2) is 0 Å². The van der Waals surface area contributed by atoms with Crippen molar-refractivity contribution >= 4 is 22.9 Å². The molecule has 0 bridgehead atoms. The van der Waals surface area contributed by atoms with E-state index in [-0.39, 0.29) is 0 Å². The monoisotopic (exact) mass is 245 g/mol. The number of halogens is 1. The number of nitrogens with one attached hydrogen (secondary N) is 1. The van der Waals surface area contributed by atoms with E-state index < -0.39 is 0 Å². The largest absolute Gasteiger partial charge is 0.314 e. The van der Waals surface area contributed by atoms with Gasteiger partial charge >= 0.3 is 0 Å². The number of hydrogen-bond donors (Lipinski definition) is 1. The minimum Gasteiger partial charge on any atom is -0.314 e. The molecule has 3 heteroatoms. The lowest BCUT2D eigenvalue weighted by Gasteiger charge is -2.14. The maximum Gasteiger partial charge on any atom is 0.0931 e. The second-order valence-corrected chi connectivity index (χ2v) is 6.21. The average Bonchev–Trinajstić information content (AvgIpc) is 2.58. The third-order valence-electron chi connectivity index (χ3n) is 2.39. The highest BCUT2D eigenvalue weighted by Crippen LogP contribution is 2.23. The predicted molar refractivity (Wildman–Crippen MR) is 70.0 cm³/mol. The van der Waals surface area contributed by atoms with Crippen molar-refractivity contribution in [2.45, 2.75) is 39.7 Å². The van der Waals surface area contributed by atoms with Crippen LogP contribution < -0.4 is 5.32 Å². The van der Waals surface area contributed by atoms with Gasteiger partial charge in [-0.15, -0.1) is 11.3 Å². The molecule has 15 heavy (non-hydrogen) atoms. The van der Waals surface area contributed by atoms with E-state index in [2.05, 4.69) is 32.2 Å². The zero-order chi connectivity index (χ0) is 11.3. The number of thiophene rings is 1. The Morgan fingerprint density at radius 2 is 2.07 bits per heavy atom. The molecule has 0 saturated heterocycles. The Balaban J connectivity index is 2.19. The van der Waals surface area contributed by atoms with Crippen molar-refractivity contribution in [3.63, 3.8) is 0 Å². The molecule has 1 atom stereocenters. The third kappa shape index (κ3) is 5.55. The van der Waals surface area contributed by atoms with Crippen LogP contribution >= 0.6 is 22.9 Å². The van der Waals surface area contributed by atoms with Gasteiger partial charge in [0.15, 0.2) is 0 Å². The number of rotatable bonds is 6. The summed E-state index contributed by atoms with van der Waals surface area (Å²) in [5, 5.41) is 3.46. The molecule has 0 fully saturated rings. The number of hydrogen-bond acceptors (Lipinski definition) is 2. The van der Waals surface area contributed by atoms with Crippen molar-refractivity contribution in [2.24, 2.45) is 5.92 Å². The van der Waals surface area contributed by atoms with Crippen molar-refractivity contribution in [3.05, 3.63) is 21.3 Å². The Bertz CT molecular complexity index is 283. The molecule has 1 aromatic rings. The summed E-state index contributed by atoms with van der Waals surface area (Å²) in [5.41, 5.74) is 0. The summed E-state index contributed by atoms with van der Waals surface area (Å²) in [4.78, 5) is 1.40. The predicted octanol–water partition coefficient (Wildman–Crippen LogP) is 3.97. The lowest BCUT2D eigenvalue weighted by atomic mass is 10.0. The smallest absolute Gasteiger partial charge is 0.0931 e. The fourth-order valence-corrected chi connectivity index (χ4v) is 2.52. The molecule has 1 N–H and O–H groups in total. The Hall–Kier alpha value is -0.0500. The van der Waals surface area contributed by atoms with Crippen LogP contribution in [0.3, 0.4) is 0 Å². The van der Waals surface area contributed by atoms with E-state index in [1.54, 1.807) is 11.3 Å². The first-order valence-corrected chi connectivity index (χ1v) is 6.75. The zero-order valence-electron chi connectivity index (χ0n) is 9.72. The fraction of sp³-hybridized carbons (Fsp3) is 0.667. The van der Waals surface area contributed by atoms with Crippen LogP contribution in [0.4, 0.5) is 0 Å². The normalized spacial score (nSPS) is 13.4. The maximum atomic E-state index is 5.88. The van der Waals surface area contributed by atoms with Gasteiger partial charge in [0.05, 0.1) is 4.34 Å². The minimum absolute atomic E-state index is 0.587. The quantitative estimate of drug-likeness (QED) is 0.800. The van der Waals surface area contributed by atoms with Gasteiger partial charge in [-0.2, -0.15) is 0 Å². The van der Waals surface area contributed by atoms with Gasteiger partial charge in [-0.3, -0.25) is 0 Å². The van der Waals surface area contributed by atoms with Crippen LogP contribution in [-0.2, 0) is 6.42 Å². The molecule has 0 saturated carbocycles. The summed E-state index contributed by atoms with van der Waals surface area (Å²) in [7, 11) is 0. The molecule has 1 unspecified atom stereocenters. The third-order valence-corrected chi connectivity index (χ3v) is 3.68. The van der Waals surface area contributed by atoms with Gasteiger partial charge in [0, 0.05) is 10.9 Å². The van der Waals surface area contributed by atoms with E-state index in [1.807, 2.05) is 6.07 Å². The highest BCUT2D eigenvalue weighted by molar-refractivity contribution is 7.16. The van der Waals surface area contributed by atoms with Gasteiger partial charge in [-0.05, 0) is 37.4 Å². The first-order chi connectivity index (χ1) is 7.08. The summed E-state index contributed by atoms with van der Waals surface area (Å²) in [6.07, 6.45) is 2.38. The minimum atomic E-state index is 0.587. The molecule has 0 aliphatic carbocycles. The standard InChI is InChI=1S/C12H20ClNS/c1-9(2)14-8-10(3)4-5-11-6-7-12(13)15-11/h6-7,9-10,14H,4-5,8H2,1-3H3. The molecule has 0 aromatic carbocycles. The van der Waals surface area contributed by atoms with Crippen LogP contribution in [0.15, 0.2) is 12.1 Å². The molecular formula is C12H20ClNS. The van der Waals surface area contributed by atoms with E-state index in [0.29, 0.717) is 6.04 Å². The van der Waals surface area contributed by atoms with E-state index in [9.17, 15) is 0 Å². The van der Waals surface area contributed by atoms with Crippen molar-refractivity contribution in [1.29, 1.82) is 0 Å². The van der Waals surface area contributed by atoms with Crippen molar-refractivity contribution < 1.29 is 0 Å².